The van der Waals surface area contributed by atoms with Crippen molar-refractivity contribution in [3.05, 3.63) is 136 Å². The molecule has 3 nitrogen and oxygen atoms in total. The van der Waals surface area contributed by atoms with E-state index in [9.17, 15) is 18.3 Å². The third kappa shape index (κ3) is 8.73. The van der Waals surface area contributed by atoms with Gasteiger partial charge in [-0.1, -0.05) is 96.5 Å². The van der Waals surface area contributed by atoms with Crippen molar-refractivity contribution < 1.29 is 23.0 Å². The number of alkyl halides is 3. The van der Waals surface area contributed by atoms with Crippen molar-refractivity contribution in [3.63, 3.8) is 0 Å². The highest BCUT2D eigenvalue weighted by Gasteiger charge is 2.34. The maximum absolute atomic E-state index is 13.6. The second kappa shape index (κ2) is 15.1. The zero-order valence-electron chi connectivity index (χ0n) is 21.9. The molecule has 0 aliphatic carbocycles. The number of benzene rings is 4. The van der Waals surface area contributed by atoms with Crippen LogP contribution in [0.4, 0.5) is 13.2 Å². The van der Waals surface area contributed by atoms with Gasteiger partial charge in [0.25, 0.3) is 0 Å². The predicted molar refractivity (Wildman–Crippen MR) is 156 cm³/mol. The molecule has 40 heavy (non-hydrogen) atoms. The number of halogens is 5. The lowest BCUT2D eigenvalue weighted by Gasteiger charge is -2.29. The van der Waals surface area contributed by atoms with Gasteiger partial charge in [0, 0.05) is 25.6 Å². The minimum atomic E-state index is -4.52. The van der Waals surface area contributed by atoms with Crippen molar-refractivity contribution in [3.8, 4) is 5.75 Å². The third-order valence-electron chi connectivity index (χ3n) is 6.59. The Kier molecular flexibility index (Phi) is 11.9. The molecule has 0 bridgehead atoms. The number of rotatable bonds is 12. The molecular formula is C32H32Cl2F3NO2. The molecule has 4 rings (SSSR count). The Morgan fingerprint density at radius 3 is 2.05 bits per heavy atom. The largest absolute Gasteiger partial charge is 0.494 e. The van der Waals surface area contributed by atoms with Gasteiger partial charge in [-0.05, 0) is 46.9 Å². The molecular weight excluding hydrogens is 558 g/mol. The van der Waals surface area contributed by atoms with Crippen molar-refractivity contribution in [1.29, 1.82) is 0 Å². The smallest absolute Gasteiger partial charge is 0.417 e. The molecule has 0 amide bonds. The molecule has 0 heterocycles. The Morgan fingerprint density at radius 1 is 0.825 bits per heavy atom. The molecule has 0 fully saturated rings. The van der Waals surface area contributed by atoms with Gasteiger partial charge in [-0.25, -0.2) is 0 Å². The zero-order valence-corrected chi connectivity index (χ0v) is 23.4. The molecule has 0 saturated heterocycles. The van der Waals surface area contributed by atoms with Crippen LogP contribution in [-0.4, -0.2) is 29.7 Å². The highest BCUT2D eigenvalue weighted by molar-refractivity contribution is 6.32. The van der Waals surface area contributed by atoms with E-state index in [1.807, 2.05) is 54.6 Å². The summed E-state index contributed by atoms with van der Waals surface area (Å²) >= 11 is 6.29. The second-order valence-electron chi connectivity index (χ2n) is 9.39. The molecule has 0 aliphatic heterocycles. The summed E-state index contributed by atoms with van der Waals surface area (Å²) in [7, 11) is 0. The lowest BCUT2D eigenvalue weighted by atomic mass is 9.90. The first-order valence-corrected chi connectivity index (χ1v) is 13.2. The summed E-state index contributed by atoms with van der Waals surface area (Å²) in [5.41, 5.74) is 2.63. The molecule has 1 N–H and O–H groups in total. The fraction of sp³-hybridized carbons (Fsp3) is 0.250. The van der Waals surface area contributed by atoms with Gasteiger partial charge in [-0.15, -0.1) is 12.4 Å². The lowest BCUT2D eigenvalue weighted by molar-refractivity contribution is -0.137. The highest BCUT2D eigenvalue weighted by Crippen LogP contribution is 2.37. The highest BCUT2D eigenvalue weighted by atomic mass is 35.5. The molecule has 0 saturated carbocycles. The molecule has 0 radical (unpaired) electrons. The molecule has 212 valence electrons. The molecule has 0 unspecified atom stereocenters. The molecule has 8 heteroatoms. The Labute approximate surface area is 244 Å². The van der Waals surface area contributed by atoms with Crippen LogP contribution in [0.25, 0.3) is 0 Å². The van der Waals surface area contributed by atoms with E-state index < -0.39 is 11.7 Å². The van der Waals surface area contributed by atoms with E-state index in [-0.39, 0.29) is 36.5 Å². The Bertz CT molecular complexity index is 1280. The topological polar surface area (TPSA) is 32.7 Å². The van der Waals surface area contributed by atoms with Crippen molar-refractivity contribution in [2.75, 3.05) is 19.7 Å². The first-order valence-electron chi connectivity index (χ1n) is 12.8. The standard InChI is InChI=1S/C32H31ClF3NO2.ClH/c33-31-27(15-8-17-30(31)32(34,35)36)21-37(18-9-19-39-28-16-7-10-24(20-28)23-38)22-29(25-11-3-1-4-12-25)26-13-5-2-6-14-26;/h1-8,10-17,20,29,38H,9,18-19,21-23H2;1H. The number of hydrogen-bond acceptors (Lipinski definition) is 3. The van der Waals surface area contributed by atoms with Gasteiger partial charge in [0.15, 0.2) is 0 Å². The van der Waals surface area contributed by atoms with Crippen LogP contribution in [-0.2, 0) is 19.3 Å². The second-order valence-corrected chi connectivity index (χ2v) is 9.77. The van der Waals surface area contributed by atoms with Crippen LogP contribution in [0, 0.1) is 0 Å². The molecule has 0 aliphatic rings. The summed E-state index contributed by atoms with van der Waals surface area (Å²) in [5.74, 6) is 0.680. The number of nitrogens with zero attached hydrogens (tertiary/aromatic N) is 1. The van der Waals surface area contributed by atoms with Gasteiger partial charge in [0.1, 0.15) is 5.75 Å². The van der Waals surface area contributed by atoms with Crippen molar-refractivity contribution in [2.24, 2.45) is 0 Å². The van der Waals surface area contributed by atoms with Crippen LogP contribution in [0.2, 0.25) is 5.02 Å². The quantitative estimate of drug-likeness (QED) is 0.168. The Hall–Kier alpha value is -3.03. The van der Waals surface area contributed by atoms with E-state index >= 15 is 0 Å². The summed E-state index contributed by atoms with van der Waals surface area (Å²) in [5, 5.41) is 9.11. The monoisotopic (exact) mass is 589 g/mol. The molecule has 4 aromatic rings. The fourth-order valence-electron chi connectivity index (χ4n) is 4.64. The van der Waals surface area contributed by atoms with Gasteiger partial charge in [0.2, 0.25) is 0 Å². The van der Waals surface area contributed by atoms with Crippen LogP contribution in [0.15, 0.2) is 103 Å². The summed E-state index contributed by atoms with van der Waals surface area (Å²) in [6.45, 7) is 1.79. The first-order chi connectivity index (χ1) is 18.8. The predicted octanol–water partition coefficient (Wildman–Crippen LogP) is 8.38. The summed E-state index contributed by atoms with van der Waals surface area (Å²) in [6.07, 6.45) is -3.87. The summed E-state index contributed by atoms with van der Waals surface area (Å²) < 4.78 is 46.6. The molecule has 0 aromatic heterocycles. The fourth-order valence-corrected chi connectivity index (χ4v) is 4.93. The minimum absolute atomic E-state index is 0. The molecule has 0 spiro atoms. The van der Waals surface area contributed by atoms with E-state index in [0.29, 0.717) is 37.4 Å². The maximum atomic E-state index is 13.6. The van der Waals surface area contributed by atoms with Crippen molar-refractivity contribution in [1.82, 2.24) is 4.90 Å². The van der Waals surface area contributed by atoms with Crippen LogP contribution in [0.1, 0.15) is 40.2 Å². The van der Waals surface area contributed by atoms with E-state index in [4.69, 9.17) is 16.3 Å². The van der Waals surface area contributed by atoms with Gasteiger partial charge in [-0.3, -0.25) is 4.90 Å². The van der Waals surface area contributed by atoms with Crippen molar-refractivity contribution >= 4 is 24.0 Å². The van der Waals surface area contributed by atoms with E-state index in [2.05, 4.69) is 29.2 Å². The van der Waals surface area contributed by atoms with Gasteiger partial charge < -0.3 is 9.84 Å². The number of aliphatic hydroxyl groups is 1. The molecule has 0 atom stereocenters. The maximum Gasteiger partial charge on any atom is 0.417 e. The summed E-state index contributed by atoms with van der Waals surface area (Å²) in [6, 6.07) is 31.6. The van der Waals surface area contributed by atoms with Crippen LogP contribution >= 0.6 is 24.0 Å². The normalized spacial score (nSPS) is 11.5. The minimum Gasteiger partial charge on any atom is -0.494 e. The van der Waals surface area contributed by atoms with E-state index in [0.717, 1.165) is 22.8 Å². The number of hydrogen-bond donors (Lipinski definition) is 1. The summed E-state index contributed by atoms with van der Waals surface area (Å²) in [4.78, 5) is 2.14. The zero-order chi connectivity index (χ0) is 27.7. The third-order valence-corrected chi connectivity index (χ3v) is 7.04. The van der Waals surface area contributed by atoms with Crippen LogP contribution in [0.5, 0.6) is 5.75 Å². The molecule has 4 aromatic carbocycles. The SMILES string of the molecule is Cl.OCc1cccc(OCCCN(Cc2cccc(C(F)(F)F)c2Cl)CC(c2ccccc2)c2ccccc2)c1. The van der Waals surface area contributed by atoms with E-state index in [1.54, 1.807) is 12.1 Å². The van der Waals surface area contributed by atoms with Gasteiger partial charge >= 0.3 is 6.18 Å². The Morgan fingerprint density at radius 2 is 1.45 bits per heavy atom. The van der Waals surface area contributed by atoms with Crippen LogP contribution in [0.3, 0.4) is 0 Å². The van der Waals surface area contributed by atoms with Gasteiger partial charge in [0.05, 0.1) is 23.8 Å². The average Bonchev–Trinajstić information content (AvgIpc) is 2.95. The Balaban J connectivity index is 0.00000441. The van der Waals surface area contributed by atoms with E-state index in [1.165, 1.54) is 6.07 Å². The van der Waals surface area contributed by atoms with Crippen molar-refractivity contribution in [2.45, 2.75) is 31.7 Å². The number of ether oxygens (including phenoxy) is 1. The first kappa shape index (κ1) is 31.5. The lowest BCUT2D eigenvalue weighted by Crippen LogP contribution is -2.31. The average molecular weight is 591 g/mol. The number of aliphatic hydroxyl groups excluding tert-OH is 1. The van der Waals surface area contributed by atoms with Crippen LogP contribution < -0.4 is 4.74 Å². The van der Waals surface area contributed by atoms with Gasteiger partial charge in [-0.2, -0.15) is 13.2 Å².